The number of halogens is 1. The lowest BCUT2D eigenvalue weighted by Crippen LogP contribution is -2.49. The molecule has 0 aromatic heterocycles. The maximum atomic E-state index is 12.8. The number of hydrogen-bond donors (Lipinski definition) is 1. The molecule has 1 N–H and O–H groups in total. The van der Waals surface area contributed by atoms with Gasteiger partial charge in [-0.3, -0.25) is 9.69 Å². The van der Waals surface area contributed by atoms with Gasteiger partial charge in [0.1, 0.15) is 5.82 Å². The van der Waals surface area contributed by atoms with Crippen LogP contribution in [0.3, 0.4) is 0 Å². The molecule has 4 heteroatoms. The van der Waals surface area contributed by atoms with Gasteiger partial charge in [0.25, 0.3) is 0 Å². The summed E-state index contributed by atoms with van der Waals surface area (Å²) in [6, 6.07) is 6.39. The fraction of sp³-hybridized carbons (Fsp3) is 0.364. The Hall–Kier alpha value is -1.42. The molecule has 0 aliphatic carbocycles. The van der Waals surface area contributed by atoms with Gasteiger partial charge in [-0.05, 0) is 17.7 Å². The molecule has 0 amide bonds. The topological polar surface area (TPSA) is 40.5 Å². The highest BCUT2D eigenvalue weighted by Crippen LogP contribution is 2.18. The molecule has 1 saturated heterocycles. The molecule has 0 bridgehead atoms. The summed E-state index contributed by atoms with van der Waals surface area (Å²) in [7, 11) is 0. The highest BCUT2D eigenvalue weighted by molar-refractivity contribution is 5.71. The lowest BCUT2D eigenvalue weighted by Gasteiger charge is -2.36. The molecule has 3 nitrogen and oxygen atoms in total. The van der Waals surface area contributed by atoms with E-state index in [0.717, 1.165) is 5.56 Å². The number of nitrogens with zero attached hydrogens (tertiary/aromatic N) is 1. The maximum Gasteiger partial charge on any atom is 0.309 e. The van der Waals surface area contributed by atoms with E-state index in [9.17, 15) is 9.18 Å². The van der Waals surface area contributed by atoms with Crippen molar-refractivity contribution in [2.75, 3.05) is 13.1 Å². The number of carbonyl (C=O) groups is 1. The third-order valence-electron chi connectivity index (χ3n) is 2.60. The minimum Gasteiger partial charge on any atom is -0.481 e. The lowest BCUT2D eigenvalue weighted by molar-refractivity contribution is -0.147. The molecular formula is C11H12FNO2. The fourth-order valence-corrected chi connectivity index (χ4v) is 1.75. The van der Waals surface area contributed by atoms with Crippen LogP contribution in [-0.2, 0) is 11.3 Å². The van der Waals surface area contributed by atoms with Crippen LogP contribution in [0.1, 0.15) is 5.56 Å². The molecule has 1 aromatic carbocycles. The maximum absolute atomic E-state index is 12.8. The number of hydrogen-bond acceptors (Lipinski definition) is 2. The van der Waals surface area contributed by atoms with Gasteiger partial charge in [-0.1, -0.05) is 12.1 Å². The first kappa shape index (κ1) is 10.1. The molecule has 1 aliphatic rings. The predicted molar refractivity (Wildman–Crippen MR) is 52.8 cm³/mol. The zero-order valence-corrected chi connectivity index (χ0v) is 8.19. The summed E-state index contributed by atoms with van der Waals surface area (Å²) in [5.74, 6) is -1.24. The second kappa shape index (κ2) is 3.98. The van der Waals surface area contributed by atoms with Crippen LogP contribution < -0.4 is 0 Å². The van der Waals surface area contributed by atoms with Gasteiger partial charge in [0, 0.05) is 19.6 Å². The normalized spacial score (nSPS) is 17.4. The van der Waals surface area contributed by atoms with Gasteiger partial charge in [-0.25, -0.2) is 4.39 Å². The van der Waals surface area contributed by atoms with Crippen molar-refractivity contribution in [2.45, 2.75) is 6.54 Å². The second-order valence-electron chi connectivity index (χ2n) is 3.86. The Morgan fingerprint density at radius 1 is 1.53 bits per heavy atom. The van der Waals surface area contributed by atoms with Gasteiger partial charge in [-0.15, -0.1) is 0 Å². The van der Waals surface area contributed by atoms with E-state index in [1.165, 1.54) is 12.1 Å². The molecule has 1 aromatic rings. The SMILES string of the molecule is O=C(O)C1CN(Cc2cccc(F)c2)C1. The highest BCUT2D eigenvalue weighted by Gasteiger charge is 2.32. The Bertz CT molecular complexity index is 375. The van der Waals surface area contributed by atoms with Crippen molar-refractivity contribution >= 4 is 5.97 Å². The van der Waals surface area contributed by atoms with Gasteiger partial charge in [-0.2, -0.15) is 0 Å². The summed E-state index contributed by atoms with van der Waals surface area (Å²) in [5, 5.41) is 8.67. The van der Waals surface area contributed by atoms with Crippen molar-refractivity contribution in [3.8, 4) is 0 Å². The van der Waals surface area contributed by atoms with Crippen molar-refractivity contribution < 1.29 is 14.3 Å². The predicted octanol–water partition coefficient (Wildman–Crippen LogP) is 1.34. The summed E-state index contributed by atoms with van der Waals surface area (Å²) in [5.41, 5.74) is 0.888. The molecular weight excluding hydrogens is 197 g/mol. The summed E-state index contributed by atoms with van der Waals surface area (Å²) in [4.78, 5) is 12.5. The molecule has 0 unspecified atom stereocenters. The molecule has 1 aliphatic heterocycles. The molecule has 0 atom stereocenters. The number of benzene rings is 1. The zero-order valence-electron chi connectivity index (χ0n) is 8.19. The van der Waals surface area contributed by atoms with E-state index in [4.69, 9.17) is 5.11 Å². The third-order valence-corrected chi connectivity index (χ3v) is 2.60. The first-order valence-electron chi connectivity index (χ1n) is 4.85. The smallest absolute Gasteiger partial charge is 0.309 e. The summed E-state index contributed by atoms with van der Waals surface area (Å²) in [6.45, 7) is 1.75. The Morgan fingerprint density at radius 2 is 2.27 bits per heavy atom. The van der Waals surface area contributed by atoms with Crippen molar-refractivity contribution in [1.29, 1.82) is 0 Å². The number of likely N-dealkylation sites (tertiary alicyclic amines) is 1. The molecule has 0 spiro atoms. The number of aliphatic carboxylic acids is 1. The van der Waals surface area contributed by atoms with Crippen LogP contribution in [0.4, 0.5) is 4.39 Å². The summed E-state index contributed by atoms with van der Waals surface area (Å²) < 4.78 is 12.8. The van der Waals surface area contributed by atoms with Crippen molar-refractivity contribution in [3.63, 3.8) is 0 Å². The van der Waals surface area contributed by atoms with E-state index in [0.29, 0.717) is 19.6 Å². The van der Waals surface area contributed by atoms with E-state index in [-0.39, 0.29) is 11.7 Å². The standard InChI is InChI=1S/C11H12FNO2/c12-10-3-1-2-8(4-10)5-13-6-9(7-13)11(14)15/h1-4,9H,5-7H2,(H,14,15). The number of carboxylic acid groups (broad SMARTS) is 1. The van der Waals surface area contributed by atoms with Crippen molar-refractivity contribution in [2.24, 2.45) is 5.92 Å². The highest BCUT2D eigenvalue weighted by atomic mass is 19.1. The van der Waals surface area contributed by atoms with E-state index in [1.807, 2.05) is 11.0 Å². The molecule has 80 valence electrons. The first-order chi connectivity index (χ1) is 7.15. The Kier molecular flexibility index (Phi) is 2.68. The molecule has 0 saturated carbocycles. The number of rotatable bonds is 3. The van der Waals surface area contributed by atoms with E-state index >= 15 is 0 Å². The van der Waals surface area contributed by atoms with E-state index < -0.39 is 5.97 Å². The van der Waals surface area contributed by atoms with Gasteiger partial charge < -0.3 is 5.11 Å². The van der Waals surface area contributed by atoms with Crippen molar-refractivity contribution in [1.82, 2.24) is 4.90 Å². The largest absolute Gasteiger partial charge is 0.481 e. The zero-order chi connectivity index (χ0) is 10.8. The van der Waals surface area contributed by atoms with Crippen LogP contribution in [0.5, 0.6) is 0 Å². The molecule has 1 fully saturated rings. The molecule has 0 radical (unpaired) electrons. The quantitative estimate of drug-likeness (QED) is 0.816. The Labute approximate surface area is 87.1 Å². The van der Waals surface area contributed by atoms with Crippen molar-refractivity contribution in [3.05, 3.63) is 35.6 Å². The minimum atomic E-state index is -0.745. The number of carboxylic acids is 1. The van der Waals surface area contributed by atoms with Gasteiger partial charge in [0.2, 0.25) is 0 Å². The van der Waals surface area contributed by atoms with Crippen LogP contribution >= 0.6 is 0 Å². The van der Waals surface area contributed by atoms with Crippen LogP contribution in [-0.4, -0.2) is 29.1 Å². The summed E-state index contributed by atoms with van der Waals surface area (Å²) >= 11 is 0. The van der Waals surface area contributed by atoms with Gasteiger partial charge in [0.05, 0.1) is 5.92 Å². The second-order valence-corrected chi connectivity index (χ2v) is 3.86. The van der Waals surface area contributed by atoms with Crippen LogP contribution in [0.25, 0.3) is 0 Å². The van der Waals surface area contributed by atoms with Gasteiger partial charge >= 0.3 is 5.97 Å². The minimum absolute atomic E-state index is 0.247. The molecule has 1 heterocycles. The average molecular weight is 209 g/mol. The van der Waals surface area contributed by atoms with E-state index in [1.54, 1.807) is 6.07 Å². The monoisotopic (exact) mass is 209 g/mol. The lowest BCUT2D eigenvalue weighted by atomic mass is 10.00. The molecule has 15 heavy (non-hydrogen) atoms. The summed E-state index contributed by atoms with van der Waals surface area (Å²) in [6.07, 6.45) is 0. The first-order valence-corrected chi connectivity index (χ1v) is 4.85. The third kappa shape index (κ3) is 2.33. The Balaban J connectivity index is 1.87. The van der Waals surface area contributed by atoms with E-state index in [2.05, 4.69) is 0 Å². The fourth-order valence-electron chi connectivity index (χ4n) is 1.75. The van der Waals surface area contributed by atoms with Crippen LogP contribution in [0.15, 0.2) is 24.3 Å². The average Bonchev–Trinajstić information content (AvgIpc) is 2.10. The molecule has 2 rings (SSSR count). The van der Waals surface area contributed by atoms with Gasteiger partial charge in [0.15, 0.2) is 0 Å². The Morgan fingerprint density at radius 3 is 2.87 bits per heavy atom. The van der Waals surface area contributed by atoms with Crippen LogP contribution in [0, 0.1) is 11.7 Å². The van der Waals surface area contributed by atoms with Crippen LogP contribution in [0.2, 0.25) is 0 Å².